The molecule has 1 saturated heterocycles. The number of ether oxygens (including phenoxy) is 2. The summed E-state index contributed by atoms with van der Waals surface area (Å²) >= 11 is 0. The normalized spacial score (nSPS) is 25.5. The van der Waals surface area contributed by atoms with E-state index in [2.05, 4.69) is 66.7 Å². The molecule has 2 heterocycles. The average Bonchev–Trinajstić information content (AvgIpc) is 2.67. The molecule has 0 radical (unpaired) electrons. The fourth-order valence-corrected chi connectivity index (χ4v) is 4.39. The lowest BCUT2D eigenvalue weighted by Crippen LogP contribution is -2.45. The van der Waals surface area contributed by atoms with Gasteiger partial charge < -0.3 is 9.47 Å². The van der Waals surface area contributed by atoms with Crippen LogP contribution in [0.2, 0.25) is 0 Å². The predicted octanol–water partition coefficient (Wildman–Crippen LogP) is 5.46. The Kier molecular flexibility index (Phi) is 3.53. The van der Waals surface area contributed by atoms with Crippen molar-refractivity contribution in [3.05, 3.63) is 77.9 Å². The summed E-state index contributed by atoms with van der Waals surface area (Å²) < 4.78 is 12.8. The van der Waals surface area contributed by atoms with Crippen LogP contribution >= 0.6 is 0 Å². The first-order chi connectivity index (χ1) is 12.3. The van der Waals surface area contributed by atoms with Crippen LogP contribution in [0.1, 0.15) is 36.5 Å². The standard InChI is InChI=1S/C23H22O2/c1-3-9-19-17(6-1)8-5-10-20(19)22-16-23(14-15-24-22)13-12-18-7-2-4-11-21(18)25-23/h1-11,22H,12-16H2/t22-,23+/m1/s1. The van der Waals surface area contributed by atoms with E-state index in [0.717, 1.165) is 38.0 Å². The minimum Gasteiger partial charge on any atom is -0.487 e. The number of aryl methyl sites for hydroxylation is 1. The van der Waals surface area contributed by atoms with Crippen LogP contribution in [-0.4, -0.2) is 12.2 Å². The number of benzene rings is 3. The fourth-order valence-electron chi connectivity index (χ4n) is 4.39. The van der Waals surface area contributed by atoms with E-state index in [1.54, 1.807) is 0 Å². The largest absolute Gasteiger partial charge is 0.487 e. The van der Waals surface area contributed by atoms with Crippen molar-refractivity contribution >= 4 is 10.8 Å². The van der Waals surface area contributed by atoms with E-state index >= 15 is 0 Å². The molecule has 0 aliphatic carbocycles. The van der Waals surface area contributed by atoms with Crippen molar-refractivity contribution in [1.82, 2.24) is 0 Å². The molecule has 2 aliphatic heterocycles. The summed E-state index contributed by atoms with van der Waals surface area (Å²) in [6, 6.07) is 23.6. The number of para-hydroxylation sites is 1. The van der Waals surface area contributed by atoms with Crippen LogP contribution < -0.4 is 4.74 Å². The number of fused-ring (bicyclic) bond motifs is 2. The van der Waals surface area contributed by atoms with Gasteiger partial charge >= 0.3 is 0 Å². The number of hydrogen-bond donors (Lipinski definition) is 0. The summed E-state index contributed by atoms with van der Waals surface area (Å²) in [5.41, 5.74) is 2.54. The third-order valence-corrected chi connectivity index (χ3v) is 5.75. The Hall–Kier alpha value is -2.32. The first kappa shape index (κ1) is 15.0. The highest BCUT2D eigenvalue weighted by Crippen LogP contribution is 2.45. The highest BCUT2D eigenvalue weighted by Gasteiger charge is 2.42. The molecule has 5 rings (SSSR count). The summed E-state index contributed by atoms with van der Waals surface area (Å²) in [4.78, 5) is 0. The Morgan fingerprint density at radius 3 is 2.68 bits per heavy atom. The molecule has 0 aromatic heterocycles. The first-order valence-electron chi connectivity index (χ1n) is 9.19. The maximum Gasteiger partial charge on any atom is 0.123 e. The Labute approximate surface area is 148 Å². The molecule has 1 fully saturated rings. The second kappa shape index (κ2) is 5.89. The summed E-state index contributed by atoms with van der Waals surface area (Å²) in [6.07, 6.45) is 4.18. The fraction of sp³-hybridized carbons (Fsp3) is 0.304. The quantitative estimate of drug-likeness (QED) is 0.590. The Balaban J connectivity index is 1.49. The van der Waals surface area contributed by atoms with Crippen LogP contribution in [0.15, 0.2) is 66.7 Å². The lowest BCUT2D eigenvalue weighted by atomic mass is 9.80. The van der Waals surface area contributed by atoms with E-state index < -0.39 is 0 Å². The molecule has 1 spiro atoms. The zero-order chi connectivity index (χ0) is 16.7. The molecule has 0 saturated carbocycles. The van der Waals surface area contributed by atoms with E-state index in [9.17, 15) is 0 Å². The average molecular weight is 330 g/mol. The molecule has 126 valence electrons. The van der Waals surface area contributed by atoms with Crippen LogP contribution in [-0.2, 0) is 11.2 Å². The third-order valence-electron chi connectivity index (χ3n) is 5.75. The van der Waals surface area contributed by atoms with E-state index in [1.165, 1.54) is 21.9 Å². The zero-order valence-corrected chi connectivity index (χ0v) is 14.3. The van der Waals surface area contributed by atoms with Gasteiger partial charge in [0.1, 0.15) is 11.4 Å². The van der Waals surface area contributed by atoms with E-state index in [0.29, 0.717) is 0 Å². The molecule has 3 aromatic carbocycles. The molecular formula is C23H22O2. The summed E-state index contributed by atoms with van der Waals surface area (Å²) in [7, 11) is 0. The minimum absolute atomic E-state index is 0.0891. The van der Waals surface area contributed by atoms with Gasteiger partial charge in [-0.3, -0.25) is 0 Å². The second-order valence-corrected chi connectivity index (χ2v) is 7.27. The van der Waals surface area contributed by atoms with Crippen LogP contribution in [0.3, 0.4) is 0 Å². The van der Waals surface area contributed by atoms with Crippen molar-refractivity contribution in [2.45, 2.75) is 37.4 Å². The lowest BCUT2D eigenvalue weighted by molar-refractivity contribution is -0.0989. The summed E-state index contributed by atoms with van der Waals surface area (Å²) in [5, 5.41) is 2.57. The van der Waals surface area contributed by atoms with Crippen LogP contribution in [0.5, 0.6) is 5.75 Å². The van der Waals surface area contributed by atoms with Crippen molar-refractivity contribution in [3.63, 3.8) is 0 Å². The molecule has 2 heteroatoms. The number of rotatable bonds is 1. The Bertz CT molecular complexity index is 911. The molecule has 2 aliphatic rings. The van der Waals surface area contributed by atoms with Crippen molar-refractivity contribution < 1.29 is 9.47 Å². The highest BCUT2D eigenvalue weighted by molar-refractivity contribution is 5.86. The van der Waals surface area contributed by atoms with Crippen LogP contribution in [0, 0.1) is 0 Å². The van der Waals surface area contributed by atoms with Gasteiger partial charge in [-0.2, -0.15) is 0 Å². The van der Waals surface area contributed by atoms with E-state index in [-0.39, 0.29) is 11.7 Å². The van der Waals surface area contributed by atoms with Crippen LogP contribution in [0.4, 0.5) is 0 Å². The second-order valence-electron chi connectivity index (χ2n) is 7.27. The molecule has 0 amide bonds. The van der Waals surface area contributed by atoms with Gasteiger partial charge in [0.15, 0.2) is 0 Å². The summed E-state index contributed by atoms with van der Waals surface area (Å²) in [6.45, 7) is 0.760. The lowest BCUT2D eigenvalue weighted by Gasteiger charge is -2.44. The van der Waals surface area contributed by atoms with Crippen LogP contribution in [0.25, 0.3) is 10.8 Å². The van der Waals surface area contributed by atoms with Gasteiger partial charge in [0.2, 0.25) is 0 Å². The maximum atomic E-state index is 6.54. The van der Waals surface area contributed by atoms with Gasteiger partial charge in [0.25, 0.3) is 0 Å². The minimum atomic E-state index is -0.0891. The topological polar surface area (TPSA) is 18.5 Å². The molecule has 25 heavy (non-hydrogen) atoms. The first-order valence-corrected chi connectivity index (χ1v) is 9.19. The third kappa shape index (κ3) is 2.61. The van der Waals surface area contributed by atoms with Gasteiger partial charge in [-0.05, 0) is 40.8 Å². The van der Waals surface area contributed by atoms with Gasteiger partial charge in [-0.15, -0.1) is 0 Å². The molecular weight excluding hydrogens is 308 g/mol. The van der Waals surface area contributed by atoms with Crippen molar-refractivity contribution in [2.75, 3.05) is 6.61 Å². The van der Waals surface area contributed by atoms with Gasteiger partial charge in [0, 0.05) is 12.8 Å². The molecule has 2 atom stereocenters. The predicted molar refractivity (Wildman–Crippen MR) is 100.0 cm³/mol. The SMILES string of the molecule is c1ccc2c(c1)CC[C@@]1(CCO[C@@H](c3cccc4ccccc34)C1)O2. The van der Waals surface area contributed by atoms with Gasteiger partial charge in [0.05, 0.1) is 12.7 Å². The van der Waals surface area contributed by atoms with Crippen molar-refractivity contribution in [2.24, 2.45) is 0 Å². The van der Waals surface area contributed by atoms with Crippen molar-refractivity contribution in [1.29, 1.82) is 0 Å². The summed E-state index contributed by atoms with van der Waals surface area (Å²) in [5.74, 6) is 1.06. The smallest absolute Gasteiger partial charge is 0.123 e. The molecule has 3 aromatic rings. The molecule has 2 nitrogen and oxygen atoms in total. The Morgan fingerprint density at radius 1 is 0.840 bits per heavy atom. The maximum absolute atomic E-state index is 6.54. The van der Waals surface area contributed by atoms with E-state index in [1.807, 2.05) is 0 Å². The van der Waals surface area contributed by atoms with Gasteiger partial charge in [-0.1, -0.05) is 60.7 Å². The molecule has 0 bridgehead atoms. The highest BCUT2D eigenvalue weighted by atomic mass is 16.5. The van der Waals surface area contributed by atoms with E-state index in [4.69, 9.17) is 9.47 Å². The monoisotopic (exact) mass is 330 g/mol. The Morgan fingerprint density at radius 2 is 1.68 bits per heavy atom. The van der Waals surface area contributed by atoms with Crippen molar-refractivity contribution in [3.8, 4) is 5.75 Å². The number of hydrogen-bond acceptors (Lipinski definition) is 2. The zero-order valence-electron chi connectivity index (χ0n) is 14.3. The molecule has 0 unspecified atom stereocenters. The van der Waals surface area contributed by atoms with Gasteiger partial charge in [-0.25, -0.2) is 0 Å². The molecule has 0 N–H and O–H groups in total.